The van der Waals surface area contributed by atoms with Gasteiger partial charge in [0.15, 0.2) is 0 Å². The van der Waals surface area contributed by atoms with Crippen LogP contribution < -0.4 is 10.1 Å². The van der Waals surface area contributed by atoms with Crippen molar-refractivity contribution in [1.29, 1.82) is 0 Å². The molecule has 1 atom stereocenters. The summed E-state index contributed by atoms with van der Waals surface area (Å²) in [6.07, 6.45) is -2.57. The summed E-state index contributed by atoms with van der Waals surface area (Å²) in [6.45, 7) is 0. The maximum absolute atomic E-state index is 12.4. The molecule has 1 aliphatic carbocycles. The summed E-state index contributed by atoms with van der Waals surface area (Å²) in [6, 6.07) is 15.5. The van der Waals surface area contributed by atoms with Crippen molar-refractivity contribution in [2.24, 2.45) is 0 Å². The number of nitrogens with one attached hydrogen (secondary N) is 1. The van der Waals surface area contributed by atoms with Gasteiger partial charge in [0.2, 0.25) is 0 Å². The molecule has 140 valence electrons. The Kier molecular flexibility index (Phi) is 4.70. The number of hydrogen-bond donors (Lipinski definition) is 1. The predicted octanol–water partition coefficient (Wildman–Crippen LogP) is 5.63. The van der Waals surface area contributed by atoms with Gasteiger partial charge in [-0.25, -0.2) is 4.98 Å². The molecule has 1 unspecified atom stereocenters. The first-order valence-corrected chi connectivity index (χ1v) is 8.94. The van der Waals surface area contributed by atoms with Crippen molar-refractivity contribution in [2.75, 3.05) is 0 Å². The molecule has 1 saturated carbocycles. The first-order valence-electron chi connectivity index (χ1n) is 8.56. The van der Waals surface area contributed by atoms with Crippen LogP contribution in [0.15, 0.2) is 54.6 Å². The highest BCUT2D eigenvalue weighted by molar-refractivity contribution is 6.35. The van der Waals surface area contributed by atoms with Gasteiger partial charge in [0.1, 0.15) is 5.75 Å². The lowest BCUT2D eigenvalue weighted by Crippen LogP contribution is -2.25. The summed E-state index contributed by atoms with van der Waals surface area (Å²) in [4.78, 5) is 4.71. The normalized spacial score (nSPS) is 15.7. The van der Waals surface area contributed by atoms with Crippen LogP contribution in [0.2, 0.25) is 5.02 Å². The van der Waals surface area contributed by atoms with E-state index in [2.05, 4.69) is 10.1 Å². The van der Waals surface area contributed by atoms with Crippen LogP contribution in [-0.2, 0) is 0 Å². The zero-order chi connectivity index (χ0) is 19.0. The minimum absolute atomic E-state index is 0.238. The molecular formula is C20H16ClF3N2O. The van der Waals surface area contributed by atoms with Crippen LogP contribution in [0.5, 0.6) is 5.75 Å². The minimum Gasteiger partial charge on any atom is -0.406 e. The first-order chi connectivity index (χ1) is 12.9. The van der Waals surface area contributed by atoms with Crippen LogP contribution in [0.1, 0.15) is 30.1 Å². The molecule has 0 amide bonds. The van der Waals surface area contributed by atoms with Gasteiger partial charge in [0, 0.05) is 11.4 Å². The Hall–Kier alpha value is -2.31. The molecule has 3 aromatic rings. The molecule has 1 aromatic heterocycles. The summed E-state index contributed by atoms with van der Waals surface area (Å²) in [7, 11) is 0. The number of benzene rings is 2. The second kappa shape index (κ2) is 7.02. The number of alkyl halides is 3. The van der Waals surface area contributed by atoms with Gasteiger partial charge in [0.05, 0.1) is 22.3 Å². The van der Waals surface area contributed by atoms with Crippen molar-refractivity contribution in [3.63, 3.8) is 0 Å². The van der Waals surface area contributed by atoms with E-state index in [1.54, 1.807) is 18.2 Å². The minimum atomic E-state index is -4.70. The number of ether oxygens (including phenoxy) is 1. The zero-order valence-corrected chi connectivity index (χ0v) is 14.9. The number of halogens is 4. The van der Waals surface area contributed by atoms with E-state index in [0.717, 1.165) is 29.5 Å². The summed E-state index contributed by atoms with van der Waals surface area (Å²) in [5.41, 5.74) is 2.29. The number of rotatable bonds is 5. The smallest absolute Gasteiger partial charge is 0.406 e. The van der Waals surface area contributed by atoms with E-state index in [1.165, 1.54) is 12.1 Å². The molecule has 4 rings (SSSR count). The Labute approximate surface area is 159 Å². The van der Waals surface area contributed by atoms with E-state index < -0.39 is 6.36 Å². The SMILES string of the molecule is FC(F)(F)Oc1ccc(C(NC2CC2)c2ccc3cccc(Cl)c3n2)cc1. The van der Waals surface area contributed by atoms with E-state index >= 15 is 0 Å². The molecule has 0 saturated heterocycles. The predicted molar refractivity (Wildman–Crippen MR) is 97.9 cm³/mol. The molecule has 2 aromatic carbocycles. The van der Waals surface area contributed by atoms with Crippen LogP contribution in [0.25, 0.3) is 10.9 Å². The van der Waals surface area contributed by atoms with Crippen molar-refractivity contribution < 1.29 is 17.9 Å². The van der Waals surface area contributed by atoms with E-state index in [9.17, 15) is 13.2 Å². The monoisotopic (exact) mass is 392 g/mol. The Morgan fingerprint density at radius 3 is 2.44 bits per heavy atom. The molecule has 1 aliphatic rings. The lowest BCUT2D eigenvalue weighted by molar-refractivity contribution is -0.274. The van der Waals surface area contributed by atoms with Crippen molar-refractivity contribution in [3.8, 4) is 5.75 Å². The number of hydrogen-bond acceptors (Lipinski definition) is 3. The molecule has 1 fully saturated rings. The van der Waals surface area contributed by atoms with E-state index in [4.69, 9.17) is 16.6 Å². The molecule has 7 heteroatoms. The fraction of sp³-hybridized carbons (Fsp3) is 0.250. The quantitative estimate of drug-likeness (QED) is 0.611. The van der Waals surface area contributed by atoms with Gasteiger partial charge in [-0.1, -0.05) is 41.9 Å². The van der Waals surface area contributed by atoms with Crippen molar-refractivity contribution in [1.82, 2.24) is 10.3 Å². The second-order valence-corrected chi connectivity index (χ2v) is 6.95. The lowest BCUT2D eigenvalue weighted by Gasteiger charge is -2.20. The Morgan fingerprint density at radius 2 is 1.78 bits per heavy atom. The van der Waals surface area contributed by atoms with Gasteiger partial charge in [0.25, 0.3) is 0 Å². The molecule has 3 nitrogen and oxygen atoms in total. The Balaban J connectivity index is 1.68. The Bertz CT molecular complexity index is 956. The standard InChI is InChI=1S/C20H16ClF3N2O/c21-16-3-1-2-12-6-11-17(26-18(12)16)19(25-14-7-8-14)13-4-9-15(10-5-13)27-20(22,23)24/h1-6,9-11,14,19,25H,7-8H2. The number of nitrogens with zero attached hydrogens (tertiary/aromatic N) is 1. The summed E-state index contributed by atoms with van der Waals surface area (Å²) >= 11 is 6.27. The van der Waals surface area contributed by atoms with Crippen LogP contribution >= 0.6 is 11.6 Å². The average molecular weight is 393 g/mol. The van der Waals surface area contributed by atoms with E-state index in [0.29, 0.717) is 16.6 Å². The molecule has 0 bridgehead atoms. The van der Waals surface area contributed by atoms with Crippen molar-refractivity contribution in [3.05, 3.63) is 70.9 Å². The second-order valence-electron chi connectivity index (χ2n) is 6.54. The van der Waals surface area contributed by atoms with E-state index in [-0.39, 0.29) is 11.8 Å². The third kappa shape index (κ3) is 4.34. The maximum atomic E-state index is 12.4. The summed E-state index contributed by atoms with van der Waals surface area (Å²) < 4.78 is 41.1. The van der Waals surface area contributed by atoms with E-state index in [1.807, 2.05) is 24.3 Å². The van der Waals surface area contributed by atoms with Gasteiger partial charge < -0.3 is 10.1 Å². The largest absolute Gasteiger partial charge is 0.573 e. The first kappa shape index (κ1) is 18.1. The molecule has 0 spiro atoms. The lowest BCUT2D eigenvalue weighted by atomic mass is 10.0. The fourth-order valence-corrected chi connectivity index (χ4v) is 3.21. The topological polar surface area (TPSA) is 34.1 Å². The molecule has 0 aliphatic heterocycles. The molecule has 1 heterocycles. The van der Waals surface area contributed by atoms with Gasteiger partial charge in [-0.2, -0.15) is 0 Å². The summed E-state index contributed by atoms with van der Waals surface area (Å²) in [5.74, 6) is -0.245. The molecular weight excluding hydrogens is 377 g/mol. The van der Waals surface area contributed by atoms with Crippen LogP contribution in [-0.4, -0.2) is 17.4 Å². The zero-order valence-electron chi connectivity index (χ0n) is 14.1. The average Bonchev–Trinajstić information content (AvgIpc) is 3.44. The number of para-hydroxylation sites is 1. The molecule has 0 radical (unpaired) electrons. The summed E-state index contributed by atoms with van der Waals surface area (Å²) in [5, 5.41) is 5.01. The van der Waals surface area contributed by atoms with Crippen LogP contribution in [0.3, 0.4) is 0 Å². The van der Waals surface area contributed by atoms with Gasteiger partial charge in [-0.05, 0) is 42.7 Å². The highest BCUT2D eigenvalue weighted by atomic mass is 35.5. The van der Waals surface area contributed by atoms with Crippen molar-refractivity contribution in [2.45, 2.75) is 31.3 Å². The van der Waals surface area contributed by atoms with Gasteiger partial charge in [-0.15, -0.1) is 13.2 Å². The van der Waals surface area contributed by atoms with Crippen LogP contribution in [0, 0.1) is 0 Å². The fourth-order valence-electron chi connectivity index (χ4n) is 2.99. The highest BCUT2D eigenvalue weighted by Crippen LogP contribution is 2.32. The number of pyridine rings is 1. The van der Waals surface area contributed by atoms with Gasteiger partial charge in [-0.3, -0.25) is 0 Å². The van der Waals surface area contributed by atoms with Crippen molar-refractivity contribution >= 4 is 22.5 Å². The Morgan fingerprint density at radius 1 is 1.04 bits per heavy atom. The third-order valence-electron chi connectivity index (χ3n) is 4.42. The highest BCUT2D eigenvalue weighted by Gasteiger charge is 2.31. The van der Waals surface area contributed by atoms with Gasteiger partial charge >= 0.3 is 6.36 Å². The molecule has 27 heavy (non-hydrogen) atoms. The van der Waals surface area contributed by atoms with Crippen LogP contribution in [0.4, 0.5) is 13.2 Å². The number of aromatic nitrogens is 1. The third-order valence-corrected chi connectivity index (χ3v) is 4.72. The number of fused-ring (bicyclic) bond motifs is 1. The molecule has 1 N–H and O–H groups in total. The maximum Gasteiger partial charge on any atom is 0.573 e.